The fourth-order valence-electron chi connectivity index (χ4n) is 1.78. The van der Waals surface area contributed by atoms with Gasteiger partial charge in [0.15, 0.2) is 0 Å². The Bertz CT molecular complexity index is 380. The van der Waals surface area contributed by atoms with Gasteiger partial charge in [0.1, 0.15) is 0 Å². The molecule has 1 aromatic carbocycles. The van der Waals surface area contributed by atoms with Crippen molar-refractivity contribution in [3.63, 3.8) is 0 Å². The molecule has 0 bridgehead atoms. The second-order valence-electron chi connectivity index (χ2n) is 4.30. The van der Waals surface area contributed by atoms with Gasteiger partial charge in [-0.25, -0.2) is 0 Å². The van der Waals surface area contributed by atoms with Crippen molar-refractivity contribution in [3.8, 4) is 0 Å². The van der Waals surface area contributed by atoms with Crippen molar-refractivity contribution >= 4 is 5.91 Å². The van der Waals surface area contributed by atoms with Crippen LogP contribution >= 0.6 is 0 Å². The van der Waals surface area contributed by atoms with Gasteiger partial charge in [-0.3, -0.25) is 4.79 Å². The van der Waals surface area contributed by atoms with Crippen LogP contribution in [0.2, 0.25) is 0 Å². The summed E-state index contributed by atoms with van der Waals surface area (Å²) in [7, 11) is 1.62. The summed E-state index contributed by atoms with van der Waals surface area (Å²) in [5.74, 6) is -0.00696. The van der Waals surface area contributed by atoms with Crippen LogP contribution in [-0.2, 0) is 9.53 Å². The topological polar surface area (TPSA) is 50.4 Å². The van der Waals surface area contributed by atoms with E-state index < -0.39 is 0 Å². The van der Waals surface area contributed by atoms with Crippen LogP contribution in [0.15, 0.2) is 24.3 Å². The van der Waals surface area contributed by atoms with E-state index in [2.05, 4.69) is 36.6 Å². The number of aryl methyl sites for hydroxylation is 1. The summed E-state index contributed by atoms with van der Waals surface area (Å²) in [6, 6.07) is 8.35. The summed E-state index contributed by atoms with van der Waals surface area (Å²) in [5.41, 5.74) is 2.46. The Morgan fingerprint density at radius 3 is 2.78 bits per heavy atom. The summed E-state index contributed by atoms with van der Waals surface area (Å²) in [6.07, 6.45) is 0. The minimum Gasteiger partial charge on any atom is -0.383 e. The zero-order valence-corrected chi connectivity index (χ0v) is 11.3. The van der Waals surface area contributed by atoms with Crippen LogP contribution < -0.4 is 10.6 Å². The molecule has 0 fully saturated rings. The van der Waals surface area contributed by atoms with Crippen molar-refractivity contribution in [3.05, 3.63) is 35.4 Å². The number of amides is 1. The first kappa shape index (κ1) is 14.7. The predicted molar refractivity (Wildman–Crippen MR) is 72.5 cm³/mol. The molecular formula is C14H22N2O2. The highest BCUT2D eigenvalue weighted by atomic mass is 16.5. The molecule has 0 aliphatic carbocycles. The van der Waals surface area contributed by atoms with Crippen LogP contribution in [0.25, 0.3) is 0 Å². The maximum absolute atomic E-state index is 11.5. The molecule has 1 atom stereocenters. The minimum absolute atomic E-state index is 0.00696. The van der Waals surface area contributed by atoms with E-state index in [4.69, 9.17) is 4.74 Å². The van der Waals surface area contributed by atoms with Crippen molar-refractivity contribution in [1.82, 2.24) is 10.6 Å². The molecule has 0 heterocycles. The molecule has 1 amide bonds. The van der Waals surface area contributed by atoms with E-state index in [1.807, 2.05) is 12.1 Å². The lowest BCUT2D eigenvalue weighted by molar-refractivity contribution is -0.120. The maximum atomic E-state index is 11.5. The van der Waals surface area contributed by atoms with Gasteiger partial charge in [0.2, 0.25) is 5.91 Å². The highest BCUT2D eigenvalue weighted by Gasteiger charge is 2.08. The smallest absolute Gasteiger partial charge is 0.234 e. The summed E-state index contributed by atoms with van der Waals surface area (Å²) >= 11 is 0. The summed E-state index contributed by atoms with van der Waals surface area (Å²) < 4.78 is 4.87. The highest BCUT2D eigenvalue weighted by molar-refractivity contribution is 5.78. The average Bonchev–Trinajstić information content (AvgIpc) is 2.37. The van der Waals surface area contributed by atoms with Crippen molar-refractivity contribution in [1.29, 1.82) is 0 Å². The Balaban J connectivity index is 2.35. The molecule has 0 aliphatic rings. The van der Waals surface area contributed by atoms with Gasteiger partial charge in [-0.1, -0.05) is 24.3 Å². The summed E-state index contributed by atoms with van der Waals surface area (Å²) in [6.45, 7) is 5.55. The van der Waals surface area contributed by atoms with Crippen molar-refractivity contribution < 1.29 is 9.53 Å². The number of hydrogen-bond donors (Lipinski definition) is 2. The number of carbonyl (C=O) groups is 1. The van der Waals surface area contributed by atoms with Crippen LogP contribution in [0.5, 0.6) is 0 Å². The fourth-order valence-corrected chi connectivity index (χ4v) is 1.78. The van der Waals surface area contributed by atoms with E-state index in [0.717, 1.165) is 0 Å². The van der Waals surface area contributed by atoms with Gasteiger partial charge >= 0.3 is 0 Å². The molecule has 1 rings (SSSR count). The third-order valence-corrected chi connectivity index (χ3v) is 2.85. The van der Waals surface area contributed by atoms with E-state index >= 15 is 0 Å². The predicted octanol–water partition coefficient (Wildman–Crippen LogP) is 1.41. The monoisotopic (exact) mass is 250 g/mol. The molecule has 0 saturated carbocycles. The Kier molecular flexibility index (Phi) is 6.39. The van der Waals surface area contributed by atoms with Crippen LogP contribution in [-0.4, -0.2) is 32.7 Å². The van der Waals surface area contributed by atoms with Crippen molar-refractivity contribution in [2.75, 3.05) is 26.8 Å². The van der Waals surface area contributed by atoms with E-state index in [1.165, 1.54) is 11.1 Å². The minimum atomic E-state index is -0.00696. The molecule has 0 aliphatic heterocycles. The van der Waals surface area contributed by atoms with E-state index in [9.17, 15) is 4.79 Å². The molecule has 1 aromatic rings. The Labute approximate surface area is 109 Å². The van der Waals surface area contributed by atoms with E-state index in [0.29, 0.717) is 19.7 Å². The highest BCUT2D eigenvalue weighted by Crippen LogP contribution is 2.15. The Morgan fingerprint density at radius 2 is 2.11 bits per heavy atom. The van der Waals surface area contributed by atoms with Gasteiger partial charge in [0.05, 0.1) is 13.2 Å². The average molecular weight is 250 g/mol. The van der Waals surface area contributed by atoms with E-state index in [-0.39, 0.29) is 11.9 Å². The zero-order chi connectivity index (χ0) is 13.4. The van der Waals surface area contributed by atoms with Gasteiger partial charge in [-0.05, 0) is 25.0 Å². The number of benzene rings is 1. The first-order valence-electron chi connectivity index (χ1n) is 6.19. The first-order valence-corrected chi connectivity index (χ1v) is 6.19. The molecular weight excluding hydrogens is 228 g/mol. The largest absolute Gasteiger partial charge is 0.383 e. The van der Waals surface area contributed by atoms with Crippen LogP contribution in [0.4, 0.5) is 0 Å². The van der Waals surface area contributed by atoms with Gasteiger partial charge in [0, 0.05) is 19.7 Å². The lowest BCUT2D eigenvalue weighted by atomic mass is 10.0. The molecule has 0 radical (unpaired) electrons. The van der Waals surface area contributed by atoms with Gasteiger partial charge in [-0.2, -0.15) is 0 Å². The summed E-state index contributed by atoms with van der Waals surface area (Å²) in [4.78, 5) is 11.5. The number of carbonyl (C=O) groups excluding carboxylic acids is 1. The molecule has 0 unspecified atom stereocenters. The molecule has 4 nitrogen and oxygen atoms in total. The SMILES string of the molecule is COCCNC(=O)CN[C@@H](C)c1ccccc1C. The second kappa shape index (κ2) is 7.84. The molecule has 4 heteroatoms. The third kappa shape index (κ3) is 4.85. The van der Waals surface area contributed by atoms with Crippen LogP contribution in [0.3, 0.4) is 0 Å². The maximum Gasteiger partial charge on any atom is 0.234 e. The van der Waals surface area contributed by atoms with E-state index in [1.54, 1.807) is 7.11 Å². The lowest BCUT2D eigenvalue weighted by Crippen LogP contribution is -2.36. The number of hydrogen-bond acceptors (Lipinski definition) is 3. The molecule has 0 aromatic heterocycles. The molecule has 100 valence electrons. The third-order valence-electron chi connectivity index (χ3n) is 2.85. The van der Waals surface area contributed by atoms with Crippen molar-refractivity contribution in [2.45, 2.75) is 19.9 Å². The molecule has 2 N–H and O–H groups in total. The van der Waals surface area contributed by atoms with Crippen LogP contribution in [0.1, 0.15) is 24.1 Å². The van der Waals surface area contributed by atoms with Gasteiger partial charge < -0.3 is 15.4 Å². The fraction of sp³-hybridized carbons (Fsp3) is 0.500. The van der Waals surface area contributed by atoms with Crippen LogP contribution in [0, 0.1) is 6.92 Å². The lowest BCUT2D eigenvalue weighted by Gasteiger charge is -2.16. The molecule has 0 spiro atoms. The second-order valence-corrected chi connectivity index (χ2v) is 4.30. The number of methoxy groups -OCH3 is 1. The Hall–Kier alpha value is -1.39. The number of nitrogens with one attached hydrogen (secondary N) is 2. The standard InChI is InChI=1S/C14H22N2O2/c1-11-6-4-5-7-13(11)12(2)16-10-14(17)15-8-9-18-3/h4-7,12,16H,8-10H2,1-3H3,(H,15,17)/t12-/m0/s1. The number of ether oxygens (including phenoxy) is 1. The zero-order valence-electron chi connectivity index (χ0n) is 11.3. The first-order chi connectivity index (χ1) is 8.65. The molecule has 18 heavy (non-hydrogen) atoms. The Morgan fingerprint density at radius 1 is 1.39 bits per heavy atom. The van der Waals surface area contributed by atoms with Crippen molar-refractivity contribution in [2.24, 2.45) is 0 Å². The van der Waals surface area contributed by atoms with Gasteiger partial charge in [0.25, 0.3) is 0 Å². The summed E-state index contributed by atoms with van der Waals surface area (Å²) in [5, 5.41) is 5.99. The number of rotatable bonds is 7. The quantitative estimate of drug-likeness (QED) is 0.719. The molecule has 0 saturated heterocycles. The normalized spacial score (nSPS) is 12.2. The van der Waals surface area contributed by atoms with Gasteiger partial charge in [-0.15, -0.1) is 0 Å².